The molecule has 0 radical (unpaired) electrons. The van der Waals surface area contributed by atoms with E-state index in [1.807, 2.05) is 4.90 Å². The summed E-state index contributed by atoms with van der Waals surface area (Å²) in [4.78, 5) is 28.0. The number of pyridine rings is 1. The van der Waals surface area contributed by atoms with Crippen molar-refractivity contribution >= 4 is 23.3 Å². The highest BCUT2D eigenvalue weighted by molar-refractivity contribution is 6.00. The van der Waals surface area contributed by atoms with Crippen molar-refractivity contribution in [3.63, 3.8) is 0 Å². The molecule has 8 nitrogen and oxygen atoms in total. The van der Waals surface area contributed by atoms with Crippen LogP contribution in [0.25, 0.3) is 5.52 Å². The van der Waals surface area contributed by atoms with Crippen LogP contribution >= 0.6 is 0 Å². The number of ether oxygens (including phenoxy) is 1. The predicted octanol–water partition coefficient (Wildman–Crippen LogP) is 3.51. The van der Waals surface area contributed by atoms with Gasteiger partial charge < -0.3 is 20.1 Å². The van der Waals surface area contributed by atoms with E-state index >= 15 is 0 Å². The number of carbonyl (C=O) groups excluding carboxylic acids is 1. The highest BCUT2D eigenvalue weighted by Gasteiger charge is 2.48. The number of aromatic nitrogens is 2. The van der Waals surface area contributed by atoms with Crippen LogP contribution in [0.15, 0.2) is 24.4 Å². The van der Waals surface area contributed by atoms with Gasteiger partial charge in [-0.3, -0.25) is 9.20 Å². The minimum Gasteiger partial charge on any atom is -0.475 e. The van der Waals surface area contributed by atoms with E-state index in [1.54, 1.807) is 28.8 Å². The second kappa shape index (κ2) is 10.1. The number of hydrogen-bond donors (Lipinski definition) is 2. The molecule has 1 fully saturated rings. The van der Waals surface area contributed by atoms with Crippen molar-refractivity contribution in [2.45, 2.75) is 39.2 Å². The van der Waals surface area contributed by atoms with Crippen LogP contribution in [0.2, 0.25) is 0 Å². The van der Waals surface area contributed by atoms with Gasteiger partial charge in [-0.2, -0.15) is 26.3 Å². The van der Waals surface area contributed by atoms with Crippen LogP contribution in [-0.4, -0.2) is 71.1 Å². The van der Waals surface area contributed by atoms with E-state index in [9.17, 15) is 31.1 Å². The highest BCUT2D eigenvalue weighted by Crippen LogP contribution is 2.33. The number of imidazole rings is 1. The molecule has 34 heavy (non-hydrogen) atoms. The van der Waals surface area contributed by atoms with Crippen molar-refractivity contribution < 1.29 is 45.8 Å². The summed E-state index contributed by atoms with van der Waals surface area (Å²) in [5.74, 6) is -3.07. The Hall–Kier alpha value is -3.03. The molecule has 2 N–H and O–H groups in total. The highest BCUT2D eigenvalue weighted by atomic mass is 19.4. The number of morpholine rings is 1. The second-order valence-corrected chi connectivity index (χ2v) is 8.43. The first-order chi connectivity index (χ1) is 15.5. The fourth-order valence-electron chi connectivity index (χ4n) is 3.16. The summed E-state index contributed by atoms with van der Waals surface area (Å²) in [5.41, 5.74) is -0.738. The molecule has 1 aliphatic rings. The van der Waals surface area contributed by atoms with Crippen LogP contribution in [0.5, 0.6) is 0 Å². The average Bonchev–Trinajstić information content (AvgIpc) is 3.10. The molecular formula is C20H24F6N4O4. The van der Waals surface area contributed by atoms with Gasteiger partial charge in [0.25, 0.3) is 5.91 Å². The Morgan fingerprint density at radius 1 is 1.09 bits per heavy atom. The Morgan fingerprint density at radius 3 is 2.12 bits per heavy atom. The molecule has 0 unspecified atom stereocenters. The van der Waals surface area contributed by atoms with Gasteiger partial charge in [-0.05, 0) is 17.5 Å². The first-order valence-corrected chi connectivity index (χ1v) is 10.0. The molecule has 3 rings (SSSR count). The van der Waals surface area contributed by atoms with Crippen LogP contribution in [0, 0.1) is 5.41 Å². The number of anilines is 1. The topological polar surface area (TPSA) is 96.2 Å². The van der Waals surface area contributed by atoms with Crippen LogP contribution in [0.1, 0.15) is 31.3 Å². The Kier molecular flexibility index (Phi) is 8.06. The van der Waals surface area contributed by atoms with Gasteiger partial charge in [-0.1, -0.05) is 26.8 Å². The lowest BCUT2D eigenvalue weighted by Gasteiger charge is -2.32. The van der Waals surface area contributed by atoms with Crippen molar-refractivity contribution in [1.82, 2.24) is 14.7 Å². The molecule has 0 saturated carbocycles. The summed E-state index contributed by atoms with van der Waals surface area (Å²) in [6, 6.07) is 3.20. The summed E-state index contributed by atoms with van der Waals surface area (Å²) in [7, 11) is 0. The summed E-state index contributed by atoms with van der Waals surface area (Å²) in [6.45, 7) is 6.58. The largest absolute Gasteiger partial charge is 0.490 e. The van der Waals surface area contributed by atoms with Crippen molar-refractivity contribution in [3.05, 3.63) is 30.1 Å². The van der Waals surface area contributed by atoms with E-state index in [4.69, 9.17) is 14.6 Å². The van der Waals surface area contributed by atoms with E-state index in [2.05, 4.69) is 10.3 Å². The lowest BCUT2D eigenvalue weighted by molar-refractivity contribution is -0.192. The van der Waals surface area contributed by atoms with Crippen molar-refractivity contribution in [1.29, 1.82) is 0 Å². The zero-order chi connectivity index (χ0) is 25.9. The van der Waals surface area contributed by atoms with Gasteiger partial charge in [0.05, 0.1) is 18.7 Å². The first-order valence-electron chi connectivity index (χ1n) is 10.0. The minimum atomic E-state index is -5.08. The first kappa shape index (κ1) is 27.2. The average molecular weight is 498 g/mol. The minimum absolute atomic E-state index is 0.0180. The molecule has 3 heterocycles. The third-order valence-corrected chi connectivity index (χ3v) is 4.75. The number of carboxylic acids is 1. The maximum absolute atomic E-state index is 13.4. The fourth-order valence-corrected chi connectivity index (χ4v) is 3.16. The molecule has 1 saturated heterocycles. The van der Waals surface area contributed by atoms with Gasteiger partial charge in [0.1, 0.15) is 6.04 Å². The van der Waals surface area contributed by atoms with Gasteiger partial charge in [0.2, 0.25) is 5.95 Å². The maximum Gasteiger partial charge on any atom is 0.490 e. The Bertz CT molecular complexity index is 993. The van der Waals surface area contributed by atoms with E-state index < -0.39 is 35.7 Å². The number of halogens is 6. The number of alkyl halides is 6. The number of amides is 1. The normalized spacial score (nSPS) is 16.0. The Labute approximate surface area is 190 Å². The van der Waals surface area contributed by atoms with Gasteiger partial charge in [-0.15, -0.1) is 0 Å². The number of rotatable bonds is 3. The van der Waals surface area contributed by atoms with Crippen LogP contribution in [0.3, 0.4) is 0 Å². The molecule has 0 bridgehead atoms. The maximum atomic E-state index is 13.4. The molecule has 2 aromatic heterocycles. The molecule has 1 atom stereocenters. The lowest BCUT2D eigenvalue weighted by Crippen LogP contribution is -2.53. The smallest absolute Gasteiger partial charge is 0.475 e. The van der Waals surface area contributed by atoms with E-state index in [-0.39, 0.29) is 5.69 Å². The van der Waals surface area contributed by atoms with Crippen molar-refractivity contribution in [2.24, 2.45) is 5.41 Å². The van der Waals surface area contributed by atoms with E-state index in [1.165, 1.54) is 20.8 Å². The van der Waals surface area contributed by atoms with Crippen LogP contribution in [0.4, 0.5) is 32.3 Å². The third kappa shape index (κ3) is 6.74. The molecule has 1 amide bonds. The molecule has 0 aromatic carbocycles. The number of carbonyl (C=O) groups is 2. The molecular weight excluding hydrogens is 474 g/mol. The molecule has 190 valence electrons. The summed E-state index contributed by atoms with van der Waals surface area (Å²) in [5, 5.41) is 9.26. The summed E-state index contributed by atoms with van der Waals surface area (Å²) < 4.78 is 79.1. The van der Waals surface area contributed by atoms with Crippen LogP contribution < -0.4 is 10.2 Å². The quantitative estimate of drug-likeness (QED) is 0.629. The predicted molar refractivity (Wildman–Crippen MR) is 109 cm³/mol. The number of fused-ring (bicyclic) bond motifs is 1. The number of nitrogens with one attached hydrogen (secondary N) is 1. The van der Waals surface area contributed by atoms with Crippen molar-refractivity contribution in [3.8, 4) is 0 Å². The van der Waals surface area contributed by atoms with Crippen LogP contribution in [-0.2, 0) is 9.53 Å². The molecule has 0 spiro atoms. The molecule has 0 aliphatic carbocycles. The number of nitrogens with zero attached hydrogens (tertiary/aromatic N) is 3. The molecule has 14 heteroatoms. The van der Waals surface area contributed by atoms with Gasteiger partial charge >= 0.3 is 18.3 Å². The fraction of sp³-hybridized carbons (Fsp3) is 0.550. The molecule has 1 aliphatic heterocycles. The Morgan fingerprint density at radius 2 is 1.65 bits per heavy atom. The SMILES string of the molecule is CC(C)(C)[C@H](NC(=O)c1nc(N2CCOCC2)n2ccccc12)C(F)(F)F.O=C(O)C(F)(F)F. The van der Waals surface area contributed by atoms with Crippen molar-refractivity contribution in [2.75, 3.05) is 31.2 Å². The summed E-state index contributed by atoms with van der Waals surface area (Å²) in [6.07, 6.45) is -7.90. The van der Waals surface area contributed by atoms with Gasteiger partial charge in [0, 0.05) is 19.3 Å². The lowest BCUT2D eigenvalue weighted by atomic mass is 9.86. The number of carboxylic acid groups (broad SMARTS) is 1. The summed E-state index contributed by atoms with van der Waals surface area (Å²) >= 11 is 0. The Balaban J connectivity index is 0.000000509. The van der Waals surface area contributed by atoms with Gasteiger partial charge in [-0.25, -0.2) is 9.78 Å². The third-order valence-electron chi connectivity index (χ3n) is 4.75. The standard InChI is InChI=1S/C18H23F3N4O2.C2HF3O2/c1-17(2,3)15(18(19,20)21)23-14(26)13-12-6-4-5-7-25(12)16(22-13)24-8-10-27-11-9-24;3-2(4,5)1(6)7/h4-7,15H,8-11H2,1-3H3,(H,23,26);(H,6,7)/t15-;/m0./s1. The van der Waals surface area contributed by atoms with E-state index in [0.717, 1.165) is 0 Å². The monoisotopic (exact) mass is 498 g/mol. The van der Waals surface area contributed by atoms with Gasteiger partial charge in [0.15, 0.2) is 5.69 Å². The second-order valence-electron chi connectivity index (χ2n) is 8.43. The van der Waals surface area contributed by atoms with E-state index in [0.29, 0.717) is 37.8 Å². The molecule has 2 aromatic rings. The zero-order valence-electron chi connectivity index (χ0n) is 18.5. The number of hydrogen-bond acceptors (Lipinski definition) is 5. The zero-order valence-corrected chi connectivity index (χ0v) is 18.5. The number of aliphatic carboxylic acids is 1.